The van der Waals surface area contributed by atoms with E-state index in [1.165, 1.54) is 12.8 Å². The lowest BCUT2D eigenvalue weighted by Gasteiger charge is -2.35. The van der Waals surface area contributed by atoms with Gasteiger partial charge in [-0.25, -0.2) is 0 Å². The maximum absolute atomic E-state index is 11.3. The molecule has 1 aromatic rings. The van der Waals surface area contributed by atoms with Crippen LogP contribution in [0.3, 0.4) is 0 Å². The highest BCUT2D eigenvalue weighted by Crippen LogP contribution is 2.26. The van der Waals surface area contributed by atoms with Gasteiger partial charge in [0.25, 0.3) is 0 Å². The molecule has 2 unspecified atom stereocenters. The molecule has 0 aromatic carbocycles. The van der Waals surface area contributed by atoms with Crippen molar-refractivity contribution in [3.63, 3.8) is 0 Å². The number of rotatable bonds is 7. The zero-order valence-corrected chi connectivity index (χ0v) is 19.1. The molecule has 1 amide bonds. The molecule has 0 bridgehead atoms. The van der Waals surface area contributed by atoms with Gasteiger partial charge in [-0.1, -0.05) is 0 Å². The Morgan fingerprint density at radius 2 is 2.14 bits per heavy atom. The number of hydrogen-bond acceptors (Lipinski definition) is 4. The van der Waals surface area contributed by atoms with Crippen LogP contribution in [0.5, 0.6) is 0 Å². The summed E-state index contributed by atoms with van der Waals surface area (Å²) in [7, 11) is 0. The molecule has 28 heavy (non-hydrogen) atoms. The molecule has 0 aliphatic carbocycles. The quantitative estimate of drug-likeness (QED) is 0.340. The third-order valence-corrected chi connectivity index (χ3v) is 5.51. The monoisotopic (exact) mass is 503 g/mol. The molecule has 2 aliphatic heterocycles. The number of piperidine rings is 1. The van der Waals surface area contributed by atoms with Crippen LogP contribution < -0.4 is 11.1 Å². The minimum atomic E-state index is -0.212. The van der Waals surface area contributed by atoms with Crippen molar-refractivity contribution < 1.29 is 9.21 Å². The number of likely N-dealkylation sites (tertiary alicyclic amines) is 2. The molecular weight excluding hydrogens is 469 g/mol. The third kappa shape index (κ3) is 6.37. The summed E-state index contributed by atoms with van der Waals surface area (Å²) in [6.45, 7) is 7.59. The molecule has 158 valence electrons. The van der Waals surface area contributed by atoms with Crippen LogP contribution in [0, 0.1) is 5.92 Å². The van der Waals surface area contributed by atoms with E-state index in [0.29, 0.717) is 18.9 Å². The summed E-state index contributed by atoms with van der Waals surface area (Å²) >= 11 is 0. The fraction of sp³-hybridized carbons (Fsp3) is 0.700. The fourth-order valence-electron chi connectivity index (χ4n) is 4.23. The molecule has 2 aliphatic rings. The van der Waals surface area contributed by atoms with E-state index in [9.17, 15) is 4.79 Å². The van der Waals surface area contributed by atoms with E-state index in [1.807, 2.05) is 6.07 Å². The Bertz CT molecular complexity index is 616. The van der Waals surface area contributed by atoms with E-state index >= 15 is 0 Å². The van der Waals surface area contributed by atoms with Crippen molar-refractivity contribution in [2.45, 2.75) is 45.1 Å². The van der Waals surface area contributed by atoms with Gasteiger partial charge in [-0.2, -0.15) is 0 Å². The third-order valence-electron chi connectivity index (χ3n) is 5.51. The Balaban J connectivity index is 0.00000280. The Kier molecular flexibility index (Phi) is 9.57. The van der Waals surface area contributed by atoms with Crippen molar-refractivity contribution in [3.8, 4) is 0 Å². The van der Waals surface area contributed by atoms with Gasteiger partial charge >= 0.3 is 0 Å². The number of aliphatic imine (C=N–C) groups is 1. The van der Waals surface area contributed by atoms with Crippen molar-refractivity contribution in [3.05, 3.63) is 24.2 Å². The highest BCUT2D eigenvalue weighted by atomic mass is 127. The second-order valence-electron chi connectivity index (χ2n) is 7.59. The van der Waals surface area contributed by atoms with Gasteiger partial charge in [-0.15, -0.1) is 24.0 Å². The number of nitrogens with one attached hydrogen (secondary N) is 1. The summed E-state index contributed by atoms with van der Waals surface area (Å²) in [6.07, 6.45) is 6.80. The summed E-state index contributed by atoms with van der Waals surface area (Å²) in [5.41, 5.74) is 5.41. The summed E-state index contributed by atoms with van der Waals surface area (Å²) in [6, 6.07) is 4.18. The summed E-state index contributed by atoms with van der Waals surface area (Å²) in [4.78, 5) is 21.0. The zero-order chi connectivity index (χ0) is 19.1. The van der Waals surface area contributed by atoms with Gasteiger partial charge in [-0.05, 0) is 63.7 Å². The average Bonchev–Trinajstić information content (AvgIpc) is 3.35. The Morgan fingerprint density at radius 1 is 1.36 bits per heavy atom. The molecule has 7 nitrogen and oxygen atoms in total. The second-order valence-corrected chi connectivity index (χ2v) is 7.59. The molecule has 0 saturated carbocycles. The van der Waals surface area contributed by atoms with Crippen LogP contribution >= 0.6 is 24.0 Å². The first-order chi connectivity index (χ1) is 13.2. The van der Waals surface area contributed by atoms with Crippen LogP contribution in [0.25, 0.3) is 0 Å². The highest BCUT2D eigenvalue weighted by molar-refractivity contribution is 14.0. The Hall–Kier alpha value is -1.29. The predicted octanol–water partition coefficient (Wildman–Crippen LogP) is 2.59. The normalized spacial score (nSPS) is 22.0. The minimum Gasteiger partial charge on any atom is -0.468 e. The number of amides is 1. The number of halogens is 1. The van der Waals surface area contributed by atoms with Gasteiger partial charge < -0.3 is 20.4 Å². The first-order valence-corrected chi connectivity index (χ1v) is 10.3. The van der Waals surface area contributed by atoms with Crippen LogP contribution in [-0.2, 0) is 4.79 Å². The number of primary amides is 1. The maximum Gasteiger partial charge on any atom is 0.217 e. The number of nitrogens with two attached hydrogens (primary N) is 1. The van der Waals surface area contributed by atoms with E-state index in [-0.39, 0.29) is 35.9 Å². The number of carbonyl (C=O) groups excluding carboxylic acids is 1. The lowest BCUT2D eigenvalue weighted by atomic mass is 9.95. The van der Waals surface area contributed by atoms with Crippen molar-refractivity contribution >= 4 is 35.8 Å². The lowest BCUT2D eigenvalue weighted by Crippen LogP contribution is -2.47. The number of guanidine groups is 1. The number of furan rings is 1. The minimum absolute atomic E-state index is 0. The number of nitrogens with zero attached hydrogens (tertiary/aromatic N) is 3. The molecule has 3 heterocycles. The molecule has 2 atom stereocenters. The first kappa shape index (κ1) is 23.0. The Labute approximate surface area is 185 Å². The smallest absolute Gasteiger partial charge is 0.217 e. The van der Waals surface area contributed by atoms with Crippen LogP contribution in [0.1, 0.15) is 50.8 Å². The van der Waals surface area contributed by atoms with Gasteiger partial charge in [0.05, 0.1) is 18.8 Å². The molecule has 3 rings (SSSR count). The summed E-state index contributed by atoms with van der Waals surface area (Å²) in [5.74, 6) is 2.03. The molecule has 8 heteroatoms. The van der Waals surface area contributed by atoms with Crippen molar-refractivity contribution in [1.82, 2.24) is 15.1 Å². The molecular formula is C20H34IN5O2. The molecule has 1 aromatic heterocycles. The molecule has 2 fully saturated rings. The fourth-order valence-corrected chi connectivity index (χ4v) is 4.23. The first-order valence-electron chi connectivity index (χ1n) is 10.3. The molecule has 3 N–H and O–H groups in total. The van der Waals surface area contributed by atoms with Crippen LogP contribution in [0.15, 0.2) is 27.8 Å². The van der Waals surface area contributed by atoms with E-state index in [1.54, 1.807) is 6.26 Å². The Morgan fingerprint density at radius 3 is 2.79 bits per heavy atom. The van der Waals surface area contributed by atoms with Crippen LogP contribution in [0.4, 0.5) is 0 Å². The van der Waals surface area contributed by atoms with E-state index in [2.05, 4.69) is 28.1 Å². The summed E-state index contributed by atoms with van der Waals surface area (Å²) < 4.78 is 5.71. The maximum atomic E-state index is 11.3. The van der Waals surface area contributed by atoms with Gasteiger partial charge in [0.1, 0.15) is 5.76 Å². The van der Waals surface area contributed by atoms with Gasteiger partial charge in [-0.3, -0.25) is 14.7 Å². The van der Waals surface area contributed by atoms with Crippen molar-refractivity contribution in [2.24, 2.45) is 16.6 Å². The van der Waals surface area contributed by atoms with Crippen LogP contribution in [-0.4, -0.2) is 60.9 Å². The van der Waals surface area contributed by atoms with Gasteiger partial charge in [0.2, 0.25) is 5.91 Å². The van der Waals surface area contributed by atoms with E-state index in [4.69, 9.17) is 15.1 Å². The topological polar surface area (TPSA) is 87.1 Å². The van der Waals surface area contributed by atoms with Gasteiger partial charge in [0, 0.05) is 26.1 Å². The summed E-state index contributed by atoms with van der Waals surface area (Å²) in [5, 5.41) is 3.43. The largest absolute Gasteiger partial charge is 0.468 e. The number of hydrogen-bond donors (Lipinski definition) is 2. The second kappa shape index (κ2) is 11.6. The van der Waals surface area contributed by atoms with E-state index < -0.39 is 0 Å². The lowest BCUT2D eigenvalue weighted by molar-refractivity contribution is -0.119. The van der Waals surface area contributed by atoms with Crippen molar-refractivity contribution in [1.29, 1.82) is 0 Å². The molecule has 0 radical (unpaired) electrons. The SMILES string of the molecule is CCNC(=NCC(c1ccco1)N1CCCC1)N1CCCC(CC(N)=O)C1.I. The standard InChI is InChI=1S/C20H33N5O2.HI/c1-2-22-20(25-11-5-7-16(15-25)13-19(21)26)23-14-17(18-8-6-12-27-18)24-9-3-4-10-24;/h6,8,12,16-17H,2-5,7,9-11,13-15H2,1H3,(H2,21,26)(H,22,23);1H. The number of carbonyl (C=O) groups is 1. The van der Waals surface area contributed by atoms with Crippen molar-refractivity contribution in [2.75, 3.05) is 39.3 Å². The molecule has 2 saturated heterocycles. The zero-order valence-electron chi connectivity index (χ0n) is 16.8. The van der Waals surface area contributed by atoms with Gasteiger partial charge in [0.15, 0.2) is 5.96 Å². The average molecular weight is 503 g/mol. The molecule has 0 spiro atoms. The predicted molar refractivity (Wildman–Crippen MR) is 122 cm³/mol. The van der Waals surface area contributed by atoms with E-state index in [0.717, 1.165) is 57.3 Å². The highest BCUT2D eigenvalue weighted by Gasteiger charge is 2.27. The van der Waals surface area contributed by atoms with Crippen LogP contribution in [0.2, 0.25) is 0 Å².